The average Bonchev–Trinajstić information content (AvgIpc) is 3.40. The monoisotopic (exact) mass is 549 g/mol. The minimum atomic E-state index is -0.334. The fraction of sp³-hybridized carbons (Fsp3) is 0.185. The summed E-state index contributed by atoms with van der Waals surface area (Å²) in [5, 5.41) is 23.0. The van der Waals surface area contributed by atoms with Crippen molar-refractivity contribution < 1.29 is 28.8 Å². The zero-order valence-corrected chi connectivity index (χ0v) is 22.6. The maximum atomic E-state index is 12.5. The van der Waals surface area contributed by atoms with Gasteiger partial charge in [-0.1, -0.05) is 30.0 Å². The van der Waals surface area contributed by atoms with Crippen LogP contribution in [-0.2, 0) is 4.79 Å². The lowest BCUT2D eigenvalue weighted by atomic mass is 10.1. The molecule has 0 saturated heterocycles. The number of aromatic hydroxyl groups is 1. The summed E-state index contributed by atoms with van der Waals surface area (Å²) in [6.07, 6.45) is 1.46. The normalized spacial score (nSPS) is 10.9. The minimum absolute atomic E-state index is 0.0171. The number of para-hydroxylation sites is 1. The van der Waals surface area contributed by atoms with Crippen molar-refractivity contribution >= 4 is 23.9 Å². The Morgan fingerprint density at radius 1 is 0.949 bits per heavy atom. The van der Waals surface area contributed by atoms with E-state index in [2.05, 4.69) is 20.7 Å². The molecule has 1 aromatic heterocycles. The van der Waals surface area contributed by atoms with Gasteiger partial charge in [0.1, 0.15) is 0 Å². The van der Waals surface area contributed by atoms with E-state index in [1.54, 1.807) is 38.5 Å². The van der Waals surface area contributed by atoms with E-state index < -0.39 is 0 Å². The molecule has 0 unspecified atom stereocenters. The molecule has 0 bridgehead atoms. The molecule has 0 radical (unpaired) electrons. The lowest BCUT2D eigenvalue weighted by Crippen LogP contribution is -2.20. The van der Waals surface area contributed by atoms with E-state index in [1.807, 2.05) is 34.9 Å². The van der Waals surface area contributed by atoms with E-state index in [0.717, 1.165) is 5.69 Å². The molecule has 39 heavy (non-hydrogen) atoms. The quantitative estimate of drug-likeness (QED) is 0.162. The van der Waals surface area contributed by atoms with Crippen LogP contribution >= 0.6 is 11.8 Å². The van der Waals surface area contributed by atoms with Gasteiger partial charge < -0.3 is 24.1 Å². The summed E-state index contributed by atoms with van der Waals surface area (Å²) in [6, 6.07) is 17.9. The number of hydrogen-bond donors (Lipinski definition) is 2. The van der Waals surface area contributed by atoms with Crippen LogP contribution in [0.1, 0.15) is 5.56 Å². The molecule has 0 saturated carbocycles. The first-order valence-electron chi connectivity index (χ1n) is 11.6. The van der Waals surface area contributed by atoms with Gasteiger partial charge in [0, 0.05) is 11.3 Å². The number of amides is 1. The van der Waals surface area contributed by atoms with Gasteiger partial charge in [-0.3, -0.25) is 9.36 Å². The molecule has 3 aromatic carbocycles. The van der Waals surface area contributed by atoms with Gasteiger partial charge >= 0.3 is 0 Å². The molecule has 0 atom stereocenters. The molecule has 1 heterocycles. The molecule has 0 aliphatic carbocycles. The molecule has 0 aliphatic rings. The Bertz CT molecular complexity index is 1450. The molecule has 4 aromatic rings. The van der Waals surface area contributed by atoms with E-state index in [-0.39, 0.29) is 17.4 Å². The summed E-state index contributed by atoms with van der Waals surface area (Å²) < 4.78 is 23.4. The molecule has 11 nitrogen and oxygen atoms in total. The topological polar surface area (TPSA) is 129 Å². The number of phenols is 1. The molecule has 0 fully saturated rings. The smallest absolute Gasteiger partial charge is 0.250 e. The van der Waals surface area contributed by atoms with Crippen LogP contribution in [-0.4, -0.2) is 66.2 Å². The Labute approximate surface area is 229 Å². The van der Waals surface area contributed by atoms with Gasteiger partial charge in [-0.2, -0.15) is 5.10 Å². The second-order valence-corrected chi connectivity index (χ2v) is 8.85. The van der Waals surface area contributed by atoms with Crippen LogP contribution in [0.3, 0.4) is 0 Å². The summed E-state index contributed by atoms with van der Waals surface area (Å²) in [7, 11) is 6.08. The molecule has 12 heteroatoms. The van der Waals surface area contributed by atoms with Crippen LogP contribution in [0.15, 0.2) is 70.9 Å². The molecular formula is C27H27N5O6S. The molecule has 4 rings (SSSR count). The number of hydrazone groups is 1. The van der Waals surface area contributed by atoms with Gasteiger partial charge in [-0.15, -0.1) is 10.2 Å². The van der Waals surface area contributed by atoms with Crippen molar-refractivity contribution in [1.29, 1.82) is 0 Å². The van der Waals surface area contributed by atoms with Crippen LogP contribution in [0.5, 0.6) is 28.7 Å². The number of ether oxygens (including phenoxy) is 4. The fourth-order valence-corrected chi connectivity index (χ4v) is 4.43. The molecule has 0 spiro atoms. The number of nitrogens with zero attached hydrogens (tertiary/aromatic N) is 4. The lowest BCUT2D eigenvalue weighted by Gasteiger charge is -2.15. The summed E-state index contributed by atoms with van der Waals surface area (Å²) >= 11 is 1.21. The van der Waals surface area contributed by atoms with Crippen molar-refractivity contribution in [3.8, 4) is 45.8 Å². The van der Waals surface area contributed by atoms with Crippen LogP contribution in [0.4, 0.5) is 0 Å². The highest BCUT2D eigenvalue weighted by Crippen LogP contribution is 2.41. The highest BCUT2D eigenvalue weighted by atomic mass is 32.2. The number of nitrogens with one attached hydrogen (secondary N) is 1. The van der Waals surface area contributed by atoms with E-state index in [9.17, 15) is 9.90 Å². The summed E-state index contributed by atoms with van der Waals surface area (Å²) in [4.78, 5) is 12.5. The number of hydrogen-bond acceptors (Lipinski definition) is 10. The molecule has 2 N–H and O–H groups in total. The average molecular weight is 550 g/mol. The maximum Gasteiger partial charge on any atom is 0.250 e. The van der Waals surface area contributed by atoms with Crippen molar-refractivity contribution in [3.05, 3.63) is 66.2 Å². The van der Waals surface area contributed by atoms with Crippen molar-refractivity contribution in [3.63, 3.8) is 0 Å². The molecular weight excluding hydrogens is 522 g/mol. The number of carbonyl (C=O) groups excluding carboxylic acids is 1. The number of rotatable bonds is 11. The van der Waals surface area contributed by atoms with Crippen molar-refractivity contribution in [2.45, 2.75) is 5.16 Å². The number of benzene rings is 3. The standard InChI is InChI=1S/C27H27N5O6S/c1-35-21-12-17(10-11-20(21)33)15-28-29-24(34)16-39-27-31-30-26(32(27)19-8-6-5-7-9-19)18-13-22(36-2)25(38-4)23(14-18)37-3/h5-15,33H,16H2,1-4H3,(H,29,34)/b28-15+. The van der Waals surface area contributed by atoms with E-state index in [0.29, 0.717) is 45.1 Å². The highest BCUT2D eigenvalue weighted by Gasteiger charge is 2.21. The minimum Gasteiger partial charge on any atom is -0.504 e. The maximum absolute atomic E-state index is 12.5. The van der Waals surface area contributed by atoms with Crippen LogP contribution < -0.4 is 24.4 Å². The molecule has 1 amide bonds. The van der Waals surface area contributed by atoms with Gasteiger partial charge in [-0.05, 0) is 48.0 Å². The predicted octanol–water partition coefficient (Wildman–Crippen LogP) is 3.92. The van der Waals surface area contributed by atoms with Crippen molar-refractivity contribution in [2.75, 3.05) is 34.2 Å². The summed E-state index contributed by atoms with van der Waals surface area (Å²) in [5.41, 5.74) is 4.65. The Balaban J connectivity index is 1.57. The molecule has 202 valence electrons. The predicted molar refractivity (Wildman–Crippen MR) is 148 cm³/mol. The number of methoxy groups -OCH3 is 4. The van der Waals surface area contributed by atoms with E-state index >= 15 is 0 Å². The Morgan fingerprint density at radius 3 is 2.28 bits per heavy atom. The Hall–Kier alpha value is -4.71. The first-order valence-corrected chi connectivity index (χ1v) is 12.6. The van der Waals surface area contributed by atoms with E-state index in [4.69, 9.17) is 18.9 Å². The zero-order valence-electron chi connectivity index (χ0n) is 21.7. The first kappa shape index (κ1) is 27.3. The third-order valence-electron chi connectivity index (χ3n) is 5.51. The number of carbonyl (C=O) groups is 1. The lowest BCUT2D eigenvalue weighted by molar-refractivity contribution is -0.118. The third kappa shape index (κ3) is 6.24. The first-order chi connectivity index (χ1) is 19.0. The fourth-order valence-electron chi connectivity index (χ4n) is 3.69. The Kier molecular flexibility index (Phi) is 8.90. The second kappa shape index (κ2) is 12.7. The number of phenolic OH excluding ortho intramolecular Hbond substituents is 1. The van der Waals surface area contributed by atoms with Gasteiger partial charge in [-0.25, -0.2) is 5.43 Å². The second-order valence-electron chi connectivity index (χ2n) is 7.90. The highest BCUT2D eigenvalue weighted by molar-refractivity contribution is 7.99. The van der Waals surface area contributed by atoms with E-state index in [1.165, 1.54) is 38.3 Å². The van der Waals surface area contributed by atoms with Crippen LogP contribution in [0, 0.1) is 0 Å². The third-order valence-corrected chi connectivity index (χ3v) is 6.44. The zero-order chi connectivity index (χ0) is 27.8. The van der Waals surface area contributed by atoms with Crippen molar-refractivity contribution in [2.24, 2.45) is 5.10 Å². The SMILES string of the molecule is COc1cc(/C=N/NC(=O)CSc2nnc(-c3cc(OC)c(OC)c(OC)c3)n2-c2ccccc2)ccc1O. The molecule has 0 aliphatic heterocycles. The van der Waals surface area contributed by atoms with Crippen LogP contribution in [0.2, 0.25) is 0 Å². The van der Waals surface area contributed by atoms with Crippen LogP contribution in [0.25, 0.3) is 17.1 Å². The van der Waals surface area contributed by atoms with Gasteiger partial charge in [0.25, 0.3) is 5.91 Å². The van der Waals surface area contributed by atoms with Gasteiger partial charge in [0.2, 0.25) is 5.75 Å². The summed E-state index contributed by atoms with van der Waals surface area (Å²) in [5.74, 6) is 1.98. The van der Waals surface area contributed by atoms with Crippen molar-refractivity contribution in [1.82, 2.24) is 20.2 Å². The summed E-state index contributed by atoms with van der Waals surface area (Å²) in [6.45, 7) is 0. The Morgan fingerprint density at radius 2 is 1.64 bits per heavy atom. The largest absolute Gasteiger partial charge is 0.504 e. The number of thioether (sulfide) groups is 1. The number of aromatic nitrogens is 3. The van der Waals surface area contributed by atoms with Gasteiger partial charge in [0.15, 0.2) is 34.0 Å². The van der Waals surface area contributed by atoms with Gasteiger partial charge in [0.05, 0.1) is 40.4 Å².